The number of carbonyl (C=O) groups excluding carboxylic acids is 1. The van der Waals surface area contributed by atoms with Crippen LogP contribution in [0, 0.1) is 13.8 Å². The van der Waals surface area contributed by atoms with Crippen LogP contribution >= 0.6 is 11.3 Å². The van der Waals surface area contributed by atoms with Gasteiger partial charge in [-0.05, 0) is 25.0 Å². The molecule has 1 amide bonds. The number of hydrogen-bond acceptors (Lipinski definition) is 4. The number of benzene rings is 1. The fraction of sp³-hybridized carbons (Fsp3) is 0.385. The fourth-order valence-electron chi connectivity index (χ4n) is 1.73. The van der Waals surface area contributed by atoms with Gasteiger partial charge in [0.25, 0.3) is 5.91 Å². The van der Waals surface area contributed by atoms with Gasteiger partial charge in [0.1, 0.15) is 13.2 Å². The van der Waals surface area contributed by atoms with E-state index in [1.165, 1.54) is 11.3 Å². The molecule has 0 radical (unpaired) electrons. The Labute approximate surface area is 122 Å². The topological polar surface area (TPSA) is 51.2 Å². The number of nitrogens with one attached hydrogen (secondary N) is 1. The quantitative estimate of drug-likeness (QED) is 0.939. The van der Waals surface area contributed by atoms with Gasteiger partial charge < -0.3 is 4.74 Å². The molecule has 0 aliphatic carbocycles. The summed E-state index contributed by atoms with van der Waals surface area (Å²) in [5.74, 6) is -0.659. The smallest absolute Gasteiger partial charge is 0.362 e. The van der Waals surface area contributed by atoms with Crippen molar-refractivity contribution in [3.63, 3.8) is 0 Å². The molecule has 4 nitrogen and oxygen atoms in total. The molecule has 1 heterocycles. The number of carbonyl (C=O) groups is 1. The van der Waals surface area contributed by atoms with E-state index in [4.69, 9.17) is 0 Å². The summed E-state index contributed by atoms with van der Waals surface area (Å²) < 4.78 is 40.9. The van der Waals surface area contributed by atoms with Crippen LogP contribution in [0.1, 0.15) is 11.1 Å². The first-order chi connectivity index (χ1) is 9.76. The molecule has 2 aromatic rings. The van der Waals surface area contributed by atoms with E-state index in [1.807, 2.05) is 26.0 Å². The number of aryl methyl sites for hydroxylation is 2. The van der Waals surface area contributed by atoms with Crippen molar-refractivity contribution in [2.75, 3.05) is 18.5 Å². The molecule has 1 aromatic heterocycles. The molecule has 21 heavy (non-hydrogen) atoms. The number of alkyl halides is 3. The Bertz CT molecular complexity index is 628. The number of ether oxygens (including phenoxy) is 1. The summed E-state index contributed by atoms with van der Waals surface area (Å²) in [7, 11) is 0. The average molecular weight is 318 g/mol. The first-order valence-corrected chi connectivity index (χ1v) is 6.89. The minimum absolute atomic E-state index is 0.350. The molecule has 0 aliphatic rings. The van der Waals surface area contributed by atoms with Crippen LogP contribution in [0.2, 0.25) is 0 Å². The zero-order valence-electron chi connectivity index (χ0n) is 11.4. The van der Waals surface area contributed by atoms with Crippen molar-refractivity contribution in [3.05, 3.63) is 23.3 Å². The number of rotatable bonds is 4. The Morgan fingerprint density at radius 1 is 1.33 bits per heavy atom. The number of anilines is 1. The number of hydrogen-bond donors (Lipinski definition) is 1. The molecular weight excluding hydrogens is 305 g/mol. The first-order valence-electron chi connectivity index (χ1n) is 6.07. The summed E-state index contributed by atoms with van der Waals surface area (Å²) >= 11 is 1.28. The van der Waals surface area contributed by atoms with Crippen molar-refractivity contribution < 1.29 is 22.7 Å². The number of fused-ring (bicyclic) bond motifs is 1. The fourth-order valence-corrected chi connectivity index (χ4v) is 2.76. The maximum absolute atomic E-state index is 11.9. The standard InChI is InChI=1S/C13H13F3N2O2S/c1-7-3-4-8(2)11-10(7)18-12(21-11)17-9(19)5-20-6-13(14,15)16/h3-4H,5-6H2,1-2H3,(H,17,18,19). The molecule has 0 bridgehead atoms. The first kappa shape index (κ1) is 15.7. The molecular formula is C13H13F3N2O2S. The zero-order chi connectivity index (χ0) is 15.6. The second-order valence-corrected chi connectivity index (χ2v) is 5.55. The molecule has 0 saturated carbocycles. The lowest BCUT2D eigenvalue weighted by atomic mass is 10.1. The average Bonchev–Trinajstić information content (AvgIpc) is 2.77. The van der Waals surface area contributed by atoms with Gasteiger partial charge in [0, 0.05) is 0 Å². The van der Waals surface area contributed by atoms with Gasteiger partial charge >= 0.3 is 6.18 Å². The SMILES string of the molecule is Cc1ccc(C)c2sc(NC(=O)COCC(F)(F)F)nc12. The second kappa shape index (κ2) is 5.98. The maximum atomic E-state index is 11.9. The van der Waals surface area contributed by atoms with Gasteiger partial charge in [0.15, 0.2) is 5.13 Å². The summed E-state index contributed by atoms with van der Waals surface area (Å²) in [6.07, 6.45) is -4.44. The Morgan fingerprint density at radius 2 is 2.00 bits per heavy atom. The molecule has 0 spiro atoms. The van der Waals surface area contributed by atoms with Gasteiger partial charge in [-0.2, -0.15) is 13.2 Å². The summed E-state index contributed by atoms with van der Waals surface area (Å²) in [6.45, 7) is 1.73. The highest BCUT2D eigenvalue weighted by molar-refractivity contribution is 7.22. The van der Waals surface area contributed by atoms with Crippen molar-refractivity contribution in [1.82, 2.24) is 4.98 Å². The predicted molar refractivity (Wildman–Crippen MR) is 74.6 cm³/mol. The van der Waals surface area contributed by atoms with Gasteiger partial charge in [0.2, 0.25) is 0 Å². The van der Waals surface area contributed by atoms with Crippen LogP contribution < -0.4 is 5.32 Å². The number of halogens is 3. The van der Waals surface area contributed by atoms with Crippen LogP contribution in [0.25, 0.3) is 10.2 Å². The van der Waals surface area contributed by atoms with Gasteiger partial charge in [-0.15, -0.1) is 0 Å². The minimum atomic E-state index is -4.44. The molecule has 8 heteroatoms. The van der Waals surface area contributed by atoms with Crippen molar-refractivity contribution >= 4 is 32.6 Å². The third kappa shape index (κ3) is 4.15. The van der Waals surface area contributed by atoms with Crippen LogP contribution in [0.3, 0.4) is 0 Å². The monoisotopic (exact) mass is 318 g/mol. The van der Waals surface area contributed by atoms with Crippen LogP contribution in [0.5, 0.6) is 0 Å². The Kier molecular flexibility index (Phi) is 4.48. The molecule has 0 atom stereocenters. The van der Waals surface area contributed by atoms with Gasteiger partial charge in [-0.1, -0.05) is 23.5 Å². The lowest BCUT2D eigenvalue weighted by Gasteiger charge is -2.06. The van der Waals surface area contributed by atoms with Gasteiger partial charge in [0.05, 0.1) is 10.2 Å². The van der Waals surface area contributed by atoms with E-state index >= 15 is 0 Å². The van der Waals surface area contributed by atoms with Crippen molar-refractivity contribution in [3.8, 4) is 0 Å². The van der Waals surface area contributed by atoms with Crippen molar-refractivity contribution in [2.45, 2.75) is 20.0 Å². The van der Waals surface area contributed by atoms with Crippen molar-refractivity contribution in [1.29, 1.82) is 0 Å². The highest BCUT2D eigenvalue weighted by atomic mass is 32.1. The van der Waals surface area contributed by atoms with E-state index in [0.29, 0.717) is 5.13 Å². The normalized spacial score (nSPS) is 11.9. The largest absolute Gasteiger partial charge is 0.411 e. The van der Waals surface area contributed by atoms with Crippen LogP contribution in [0.15, 0.2) is 12.1 Å². The Balaban J connectivity index is 2.02. The summed E-state index contributed by atoms with van der Waals surface area (Å²) in [5, 5.41) is 2.80. The molecule has 0 fully saturated rings. The second-order valence-electron chi connectivity index (χ2n) is 4.55. The van der Waals surface area contributed by atoms with E-state index in [0.717, 1.165) is 21.3 Å². The maximum Gasteiger partial charge on any atom is 0.411 e. The molecule has 1 aromatic carbocycles. The molecule has 0 unspecified atom stereocenters. The van der Waals surface area contributed by atoms with E-state index in [9.17, 15) is 18.0 Å². The number of thiazole rings is 1. The van der Waals surface area contributed by atoms with Crippen LogP contribution in [-0.2, 0) is 9.53 Å². The summed E-state index contributed by atoms with van der Waals surface area (Å²) in [4.78, 5) is 15.8. The predicted octanol–water partition coefficient (Wildman–Crippen LogP) is 3.43. The van der Waals surface area contributed by atoms with E-state index in [2.05, 4.69) is 15.0 Å². The molecule has 0 saturated heterocycles. The minimum Gasteiger partial charge on any atom is -0.362 e. The Hall–Kier alpha value is -1.67. The third-order valence-electron chi connectivity index (χ3n) is 2.69. The third-order valence-corrected chi connectivity index (χ3v) is 3.79. The molecule has 2 rings (SSSR count). The number of aromatic nitrogens is 1. The molecule has 0 aliphatic heterocycles. The lowest BCUT2D eigenvalue weighted by molar-refractivity contribution is -0.174. The molecule has 114 valence electrons. The van der Waals surface area contributed by atoms with Crippen molar-refractivity contribution in [2.24, 2.45) is 0 Å². The number of amides is 1. The summed E-state index contributed by atoms with van der Waals surface area (Å²) in [5.41, 5.74) is 2.79. The van der Waals surface area contributed by atoms with E-state index in [1.54, 1.807) is 0 Å². The van der Waals surface area contributed by atoms with Crippen LogP contribution in [-0.4, -0.2) is 30.3 Å². The number of nitrogens with zero attached hydrogens (tertiary/aromatic N) is 1. The Morgan fingerprint density at radius 3 is 2.62 bits per heavy atom. The zero-order valence-corrected chi connectivity index (χ0v) is 12.2. The van der Waals surface area contributed by atoms with E-state index < -0.39 is 25.3 Å². The highest BCUT2D eigenvalue weighted by Crippen LogP contribution is 2.30. The van der Waals surface area contributed by atoms with Crippen LogP contribution in [0.4, 0.5) is 18.3 Å². The van der Waals surface area contributed by atoms with Gasteiger partial charge in [-0.25, -0.2) is 4.98 Å². The molecule has 1 N–H and O–H groups in total. The highest BCUT2D eigenvalue weighted by Gasteiger charge is 2.27. The summed E-state index contributed by atoms with van der Waals surface area (Å²) in [6, 6.07) is 3.88. The van der Waals surface area contributed by atoms with Gasteiger partial charge in [-0.3, -0.25) is 10.1 Å². The van der Waals surface area contributed by atoms with E-state index in [-0.39, 0.29) is 0 Å². The lowest BCUT2D eigenvalue weighted by Crippen LogP contribution is -2.23.